The maximum absolute atomic E-state index is 13.5. The molecule has 0 radical (unpaired) electrons. The van der Waals surface area contributed by atoms with Crippen LogP contribution in [0.3, 0.4) is 0 Å². The van der Waals surface area contributed by atoms with Crippen LogP contribution in [0, 0.1) is 13.8 Å². The van der Waals surface area contributed by atoms with Crippen molar-refractivity contribution in [2.75, 3.05) is 13.6 Å². The highest BCUT2D eigenvalue weighted by atomic mass is 32.2. The fourth-order valence-corrected chi connectivity index (χ4v) is 5.50. The van der Waals surface area contributed by atoms with Crippen molar-refractivity contribution in [3.63, 3.8) is 0 Å². The molecule has 0 spiro atoms. The van der Waals surface area contributed by atoms with Gasteiger partial charge >= 0.3 is 0 Å². The van der Waals surface area contributed by atoms with Gasteiger partial charge in [0.1, 0.15) is 6.04 Å². The van der Waals surface area contributed by atoms with E-state index in [0.29, 0.717) is 0 Å². The molecule has 2 amide bonds. The van der Waals surface area contributed by atoms with E-state index in [-0.39, 0.29) is 29.9 Å². The lowest BCUT2D eigenvalue weighted by Gasteiger charge is -2.32. The molecule has 0 aliphatic heterocycles. The number of hydrogen-bond acceptors (Lipinski definition) is 4. The van der Waals surface area contributed by atoms with Gasteiger partial charge in [-0.25, -0.2) is 8.42 Å². The highest BCUT2D eigenvalue weighted by Crippen LogP contribution is 2.20. The maximum atomic E-state index is 13.5. The van der Waals surface area contributed by atoms with Crippen LogP contribution in [0.4, 0.5) is 0 Å². The minimum Gasteiger partial charge on any atom is -0.352 e. The van der Waals surface area contributed by atoms with Crippen LogP contribution in [0.15, 0.2) is 53.4 Å². The number of aryl methyl sites for hydroxylation is 2. The second-order valence-electron chi connectivity index (χ2n) is 9.54. The smallest absolute Gasteiger partial charge is 0.243 e. The summed E-state index contributed by atoms with van der Waals surface area (Å²) in [6, 6.07) is 13.6. The van der Waals surface area contributed by atoms with E-state index in [9.17, 15) is 18.0 Å². The van der Waals surface area contributed by atoms with Crippen molar-refractivity contribution in [3.8, 4) is 0 Å². The van der Waals surface area contributed by atoms with Crippen molar-refractivity contribution < 1.29 is 18.0 Å². The van der Waals surface area contributed by atoms with Gasteiger partial charge in [-0.05, 0) is 56.9 Å². The lowest BCUT2D eigenvalue weighted by Crippen LogP contribution is -2.52. The molecule has 0 aromatic heterocycles. The highest BCUT2D eigenvalue weighted by Gasteiger charge is 2.31. The molecular weight excluding hydrogens is 462 g/mol. The van der Waals surface area contributed by atoms with Gasteiger partial charge in [0.05, 0.1) is 11.4 Å². The number of nitrogens with zero attached hydrogens (tertiary/aromatic N) is 2. The first kappa shape index (κ1) is 26.9. The minimum absolute atomic E-state index is 0.124. The van der Waals surface area contributed by atoms with Gasteiger partial charge in [-0.1, -0.05) is 61.2 Å². The van der Waals surface area contributed by atoms with Crippen LogP contribution in [0.5, 0.6) is 0 Å². The largest absolute Gasteiger partial charge is 0.352 e. The molecule has 0 saturated heterocycles. The zero-order chi connectivity index (χ0) is 25.6. The quantitative estimate of drug-likeness (QED) is 0.569. The van der Waals surface area contributed by atoms with Gasteiger partial charge in [-0.15, -0.1) is 0 Å². The number of carbonyl (C=O) groups excluding carboxylic acids is 2. The lowest BCUT2D eigenvalue weighted by molar-refractivity contribution is -0.141. The molecule has 35 heavy (non-hydrogen) atoms. The number of benzene rings is 2. The number of carbonyl (C=O) groups is 2. The van der Waals surface area contributed by atoms with Crippen LogP contribution in [0.1, 0.15) is 55.7 Å². The Morgan fingerprint density at radius 1 is 1.00 bits per heavy atom. The Balaban J connectivity index is 1.80. The summed E-state index contributed by atoms with van der Waals surface area (Å²) < 4.78 is 27.2. The normalized spacial score (nSPS) is 15.6. The Labute approximate surface area is 209 Å². The average Bonchev–Trinajstić information content (AvgIpc) is 2.84. The molecule has 0 bridgehead atoms. The van der Waals surface area contributed by atoms with Crippen molar-refractivity contribution in [1.82, 2.24) is 14.5 Å². The summed E-state index contributed by atoms with van der Waals surface area (Å²) in [4.78, 5) is 28.2. The van der Waals surface area contributed by atoms with Gasteiger partial charge in [-0.3, -0.25) is 9.59 Å². The zero-order valence-corrected chi connectivity index (χ0v) is 22.0. The summed E-state index contributed by atoms with van der Waals surface area (Å²) in [7, 11) is -2.45. The van der Waals surface area contributed by atoms with E-state index in [1.807, 2.05) is 38.1 Å². The van der Waals surface area contributed by atoms with Gasteiger partial charge in [0.2, 0.25) is 21.8 Å². The first-order valence-corrected chi connectivity index (χ1v) is 13.7. The molecule has 1 N–H and O–H groups in total. The van der Waals surface area contributed by atoms with Crippen LogP contribution >= 0.6 is 0 Å². The van der Waals surface area contributed by atoms with E-state index in [1.165, 1.54) is 30.5 Å². The standard InChI is InChI=1S/C27H37N3O4S/c1-20-14-16-25(17-15-20)35(33,34)29(4)19-26(31)30(18-23-11-9-8-10-21(23)2)22(3)27(32)28-24-12-6-5-7-13-24/h8-11,14-17,22,24H,5-7,12-13,18-19H2,1-4H3,(H,28,32)/t22-/m0/s1. The maximum Gasteiger partial charge on any atom is 0.243 e. The van der Waals surface area contributed by atoms with E-state index >= 15 is 0 Å². The molecule has 3 rings (SSSR count). The lowest BCUT2D eigenvalue weighted by atomic mass is 9.95. The van der Waals surface area contributed by atoms with Crippen LogP contribution in [-0.2, 0) is 26.2 Å². The number of rotatable bonds is 9. The third-order valence-electron chi connectivity index (χ3n) is 6.81. The van der Waals surface area contributed by atoms with E-state index in [2.05, 4.69) is 5.32 Å². The SMILES string of the molecule is Cc1ccc(S(=O)(=O)N(C)CC(=O)N(Cc2ccccc2C)[C@@H](C)C(=O)NC2CCCCC2)cc1. The van der Waals surface area contributed by atoms with Gasteiger partial charge < -0.3 is 10.2 Å². The summed E-state index contributed by atoms with van der Waals surface area (Å²) in [6.45, 7) is 5.42. The fraction of sp³-hybridized carbons (Fsp3) is 0.481. The molecule has 190 valence electrons. The molecule has 1 atom stereocenters. The minimum atomic E-state index is -3.85. The Kier molecular flexibility index (Phi) is 9.08. The summed E-state index contributed by atoms with van der Waals surface area (Å²) in [5.41, 5.74) is 2.87. The topological polar surface area (TPSA) is 86.8 Å². The molecule has 0 heterocycles. The molecule has 1 aliphatic carbocycles. The van der Waals surface area contributed by atoms with Crippen LogP contribution < -0.4 is 5.32 Å². The predicted molar refractivity (Wildman–Crippen MR) is 137 cm³/mol. The predicted octanol–water partition coefficient (Wildman–Crippen LogP) is 3.79. The number of nitrogens with one attached hydrogen (secondary N) is 1. The Hall–Kier alpha value is -2.71. The molecule has 1 aliphatic rings. The molecule has 1 fully saturated rings. The summed E-state index contributed by atoms with van der Waals surface area (Å²) in [5.74, 6) is -0.624. The molecule has 0 unspecified atom stereocenters. The van der Waals surface area contributed by atoms with Crippen molar-refractivity contribution in [2.45, 2.75) is 76.4 Å². The third-order valence-corrected chi connectivity index (χ3v) is 8.63. The fourth-order valence-electron chi connectivity index (χ4n) is 4.38. The van der Waals surface area contributed by atoms with E-state index < -0.39 is 22.0 Å². The van der Waals surface area contributed by atoms with Gasteiger partial charge in [0.25, 0.3) is 0 Å². The summed E-state index contributed by atoms with van der Waals surface area (Å²) in [6.07, 6.45) is 5.25. The van der Waals surface area contributed by atoms with Crippen molar-refractivity contribution in [2.24, 2.45) is 0 Å². The number of sulfonamides is 1. The molecular formula is C27H37N3O4S. The third kappa shape index (κ3) is 6.92. The van der Waals surface area contributed by atoms with Crippen LogP contribution in [0.25, 0.3) is 0 Å². The second-order valence-corrected chi connectivity index (χ2v) is 11.6. The zero-order valence-electron chi connectivity index (χ0n) is 21.2. The molecule has 8 heteroatoms. The Morgan fingerprint density at radius 3 is 2.26 bits per heavy atom. The monoisotopic (exact) mass is 499 g/mol. The number of hydrogen-bond donors (Lipinski definition) is 1. The van der Waals surface area contributed by atoms with Crippen LogP contribution in [-0.4, -0.2) is 55.1 Å². The second kappa shape index (κ2) is 11.8. The van der Waals surface area contributed by atoms with E-state index in [0.717, 1.165) is 46.7 Å². The molecule has 1 saturated carbocycles. The number of amides is 2. The van der Waals surface area contributed by atoms with Gasteiger partial charge in [0, 0.05) is 19.6 Å². The van der Waals surface area contributed by atoms with Gasteiger partial charge in [0.15, 0.2) is 0 Å². The van der Waals surface area contributed by atoms with Crippen molar-refractivity contribution >= 4 is 21.8 Å². The first-order valence-electron chi connectivity index (χ1n) is 12.3. The first-order chi connectivity index (χ1) is 16.6. The van der Waals surface area contributed by atoms with Crippen molar-refractivity contribution in [1.29, 1.82) is 0 Å². The van der Waals surface area contributed by atoms with E-state index in [1.54, 1.807) is 19.1 Å². The summed E-state index contributed by atoms with van der Waals surface area (Å²) >= 11 is 0. The molecule has 2 aromatic rings. The Bertz CT molecular complexity index is 1130. The molecule has 2 aromatic carbocycles. The average molecular weight is 500 g/mol. The highest BCUT2D eigenvalue weighted by molar-refractivity contribution is 7.89. The van der Waals surface area contributed by atoms with Crippen molar-refractivity contribution in [3.05, 3.63) is 65.2 Å². The van der Waals surface area contributed by atoms with E-state index in [4.69, 9.17) is 0 Å². The Morgan fingerprint density at radius 2 is 1.63 bits per heavy atom. The van der Waals surface area contributed by atoms with Crippen LogP contribution in [0.2, 0.25) is 0 Å². The summed E-state index contributed by atoms with van der Waals surface area (Å²) in [5, 5.41) is 3.10. The van der Waals surface area contributed by atoms with Gasteiger partial charge in [-0.2, -0.15) is 4.31 Å². The molecule has 7 nitrogen and oxygen atoms in total. The number of likely N-dealkylation sites (N-methyl/N-ethyl adjacent to an activating group) is 1.